The first-order valence-electron chi connectivity index (χ1n) is 11.7. The monoisotopic (exact) mass is 464 g/mol. The fraction of sp³-hybridized carbons (Fsp3) is 0. The second kappa shape index (κ2) is 8.15. The first-order chi connectivity index (χ1) is 17.3. The minimum absolute atomic E-state index is 0.900. The van der Waals surface area contributed by atoms with Gasteiger partial charge in [0.2, 0.25) is 0 Å². The Hall–Kier alpha value is -4.34. The molecule has 0 aliphatic rings. The lowest BCUT2D eigenvalue weighted by molar-refractivity contribution is 1.29. The van der Waals surface area contributed by atoms with Crippen molar-refractivity contribution in [1.82, 2.24) is 9.97 Å². The van der Waals surface area contributed by atoms with Gasteiger partial charge in [-0.2, -0.15) is 0 Å². The van der Waals surface area contributed by atoms with Crippen LogP contribution in [0.1, 0.15) is 0 Å². The molecule has 2 nitrogen and oxygen atoms in total. The summed E-state index contributed by atoms with van der Waals surface area (Å²) in [6, 6.07) is 42.3. The minimum atomic E-state index is 0.900. The molecule has 0 N–H and O–H groups in total. The van der Waals surface area contributed by atoms with Crippen molar-refractivity contribution in [2.45, 2.75) is 0 Å². The molecule has 164 valence electrons. The molecule has 0 aliphatic carbocycles. The number of para-hydroxylation sites is 1. The van der Waals surface area contributed by atoms with Crippen LogP contribution in [-0.2, 0) is 0 Å². The summed E-state index contributed by atoms with van der Waals surface area (Å²) in [6.45, 7) is 0. The fourth-order valence-electron chi connectivity index (χ4n) is 4.80. The van der Waals surface area contributed by atoms with E-state index in [4.69, 9.17) is 9.97 Å². The molecule has 2 heterocycles. The van der Waals surface area contributed by atoms with Crippen molar-refractivity contribution in [3.8, 4) is 33.6 Å². The van der Waals surface area contributed by atoms with Crippen LogP contribution in [0.2, 0.25) is 0 Å². The largest absolute Gasteiger partial charge is 0.244 e. The normalized spacial score (nSPS) is 11.4. The Morgan fingerprint density at radius 1 is 0.457 bits per heavy atom. The molecule has 0 atom stereocenters. The standard InChI is InChI=1S/C32H20N2S/c1-3-10-21(11-4-1)30-31(22-12-5-2-6-13-22)34-32-24(15-9-16-27(32)33-30)23-18-19-26-25-14-7-8-17-28(25)35-29(26)20-23/h1-20H. The molecule has 0 fully saturated rings. The van der Waals surface area contributed by atoms with Gasteiger partial charge >= 0.3 is 0 Å². The molecule has 0 saturated heterocycles. The number of rotatable bonds is 3. The van der Waals surface area contributed by atoms with Gasteiger partial charge in [0, 0.05) is 36.9 Å². The number of hydrogen-bond donors (Lipinski definition) is 0. The van der Waals surface area contributed by atoms with Gasteiger partial charge in [-0.1, -0.05) is 103 Å². The molecule has 0 unspecified atom stereocenters. The Bertz CT molecular complexity index is 1840. The fourth-order valence-corrected chi connectivity index (χ4v) is 5.94. The maximum Gasteiger partial charge on any atom is 0.0973 e. The lowest BCUT2D eigenvalue weighted by atomic mass is 10.00. The van der Waals surface area contributed by atoms with Gasteiger partial charge in [-0.15, -0.1) is 11.3 Å². The third-order valence-corrected chi connectivity index (χ3v) is 7.61. The number of fused-ring (bicyclic) bond motifs is 4. The van der Waals surface area contributed by atoms with E-state index in [1.54, 1.807) is 0 Å². The minimum Gasteiger partial charge on any atom is -0.244 e. The second-order valence-electron chi connectivity index (χ2n) is 8.64. The SMILES string of the molecule is c1ccc(-c2nc3cccc(-c4ccc5c(c4)sc4ccccc45)c3nc2-c2ccccc2)cc1. The Labute approximate surface area is 207 Å². The summed E-state index contributed by atoms with van der Waals surface area (Å²) in [5.41, 5.74) is 8.03. The summed E-state index contributed by atoms with van der Waals surface area (Å²) in [6.07, 6.45) is 0. The Kier molecular flexibility index (Phi) is 4.68. The van der Waals surface area contributed by atoms with E-state index in [-0.39, 0.29) is 0 Å². The summed E-state index contributed by atoms with van der Waals surface area (Å²) in [5.74, 6) is 0. The van der Waals surface area contributed by atoms with E-state index in [0.29, 0.717) is 0 Å². The summed E-state index contributed by atoms with van der Waals surface area (Å²) in [5, 5.41) is 2.62. The highest BCUT2D eigenvalue weighted by atomic mass is 32.1. The van der Waals surface area contributed by atoms with E-state index in [1.807, 2.05) is 35.6 Å². The van der Waals surface area contributed by atoms with Crippen molar-refractivity contribution in [2.24, 2.45) is 0 Å². The molecule has 0 saturated carbocycles. The zero-order valence-corrected chi connectivity index (χ0v) is 19.7. The first kappa shape index (κ1) is 20.1. The van der Waals surface area contributed by atoms with Crippen molar-refractivity contribution in [2.75, 3.05) is 0 Å². The van der Waals surface area contributed by atoms with Crippen molar-refractivity contribution < 1.29 is 0 Å². The average Bonchev–Trinajstić information content (AvgIpc) is 3.31. The molecule has 5 aromatic carbocycles. The predicted molar refractivity (Wildman–Crippen MR) is 149 cm³/mol. The first-order valence-corrected chi connectivity index (χ1v) is 12.5. The van der Waals surface area contributed by atoms with Gasteiger partial charge in [-0.25, -0.2) is 9.97 Å². The Morgan fingerprint density at radius 3 is 1.89 bits per heavy atom. The average molecular weight is 465 g/mol. The van der Waals surface area contributed by atoms with Crippen LogP contribution < -0.4 is 0 Å². The van der Waals surface area contributed by atoms with Crippen LogP contribution in [0.25, 0.3) is 64.8 Å². The maximum atomic E-state index is 5.26. The van der Waals surface area contributed by atoms with Gasteiger partial charge in [0.05, 0.1) is 22.4 Å². The van der Waals surface area contributed by atoms with E-state index in [1.165, 1.54) is 20.2 Å². The Morgan fingerprint density at radius 2 is 1.11 bits per heavy atom. The molecule has 0 radical (unpaired) electrons. The molecule has 7 aromatic rings. The zero-order valence-electron chi connectivity index (χ0n) is 18.8. The molecular weight excluding hydrogens is 444 g/mol. The van der Waals surface area contributed by atoms with Crippen LogP contribution in [0.4, 0.5) is 0 Å². The number of thiophene rings is 1. The van der Waals surface area contributed by atoms with E-state index in [0.717, 1.165) is 44.7 Å². The highest BCUT2D eigenvalue weighted by molar-refractivity contribution is 7.25. The van der Waals surface area contributed by atoms with Gasteiger partial charge < -0.3 is 0 Å². The number of benzene rings is 5. The quantitative estimate of drug-likeness (QED) is 0.261. The topological polar surface area (TPSA) is 25.8 Å². The smallest absolute Gasteiger partial charge is 0.0973 e. The van der Waals surface area contributed by atoms with Crippen molar-refractivity contribution in [3.05, 3.63) is 121 Å². The Balaban J connectivity index is 1.48. The predicted octanol–water partition coefficient (Wildman–Crippen LogP) is 9.00. The molecule has 0 aliphatic heterocycles. The molecule has 0 amide bonds. The molecule has 0 bridgehead atoms. The molecule has 0 spiro atoms. The second-order valence-corrected chi connectivity index (χ2v) is 9.72. The van der Waals surface area contributed by atoms with Crippen LogP contribution in [0, 0.1) is 0 Å². The third-order valence-electron chi connectivity index (χ3n) is 6.48. The third kappa shape index (κ3) is 3.40. The highest BCUT2D eigenvalue weighted by Gasteiger charge is 2.16. The van der Waals surface area contributed by atoms with Gasteiger partial charge in [0.25, 0.3) is 0 Å². The molecular formula is C32H20N2S. The number of aromatic nitrogens is 2. The van der Waals surface area contributed by atoms with Gasteiger partial charge in [-0.05, 0) is 23.8 Å². The highest BCUT2D eigenvalue weighted by Crippen LogP contribution is 2.38. The van der Waals surface area contributed by atoms with Crippen LogP contribution in [-0.4, -0.2) is 9.97 Å². The molecule has 7 rings (SSSR count). The van der Waals surface area contributed by atoms with Crippen LogP contribution in [0.5, 0.6) is 0 Å². The van der Waals surface area contributed by atoms with Gasteiger partial charge in [0.1, 0.15) is 0 Å². The number of hydrogen-bond acceptors (Lipinski definition) is 3. The summed E-state index contributed by atoms with van der Waals surface area (Å²) in [4.78, 5) is 10.4. The van der Waals surface area contributed by atoms with Crippen LogP contribution in [0.3, 0.4) is 0 Å². The molecule has 3 heteroatoms. The molecule has 2 aromatic heterocycles. The van der Waals surface area contributed by atoms with Crippen molar-refractivity contribution >= 4 is 42.5 Å². The van der Waals surface area contributed by atoms with Crippen molar-refractivity contribution in [3.63, 3.8) is 0 Å². The zero-order chi connectivity index (χ0) is 23.2. The van der Waals surface area contributed by atoms with Crippen molar-refractivity contribution in [1.29, 1.82) is 0 Å². The van der Waals surface area contributed by atoms with Crippen LogP contribution >= 0.6 is 11.3 Å². The van der Waals surface area contributed by atoms with E-state index < -0.39 is 0 Å². The van der Waals surface area contributed by atoms with Gasteiger partial charge in [-0.3, -0.25) is 0 Å². The lowest BCUT2D eigenvalue weighted by Gasteiger charge is -2.13. The summed E-state index contributed by atoms with van der Waals surface area (Å²) in [7, 11) is 0. The lowest BCUT2D eigenvalue weighted by Crippen LogP contribution is -1.97. The summed E-state index contributed by atoms with van der Waals surface area (Å²) < 4.78 is 2.61. The van der Waals surface area contributed by atoms with Crippen LogP contribution in [0.15, 0.2) is 121 Å². The number of nitrogens with zero attached hydrogens (tertiary/aromatic N) is 2. The van der Waals surface area contributed by atoms with E-state index in [9.17, 15) is 0 Å². The summed E-state index contributed by atoms with van der Waals surface area (Å²) >= 11 is 1.84. The molecule has 35 heavy (non-hydrogen) atoms. The van der Waals surface area contributed by atoms with E-state index in [2.05, 4.69) is 97.1 Å². The maximum absolute atomic E-state index is 5.26. The van der Waals surface area contributed by atoms with Gasteiger partial charge in [0.15, 0.2) is 0 Å². The van der Waals surface area contributed by atoms with E-state index >= 15 is 0 Å².